The number of methoxy groups -OCH3 is 1. The van der Waals surface area contributed by atoms with Crippen LogP contribution in [-0.2, 0) is 24.4 Å². The standard InChI is InChI=1S/C19H27N7O2/c1-28-19(27)25-8-3-9-26-17(14-25)12-16(23-26)13-24-10-4-15(5-11-24)22-18-20-6-2-7-21-18/h2,6-7,12,15H,3-5,8-11,13-14H2,1H3,(H,20,21,22). The second-order valence-corrected chi connectivity index (χ2v) is 7.36. The molecule has 2 aliphatic rings. The van der Waals surface area contributed by atoms with E-state index >= 15 is 0 Å². The van der Waals surface area contributed by atoms with Crippen LogP contribution in [0, 0.1) is 0 Å². The molecule has 0 spiro atoms. The lowest BCUT2D eigenvalue weighted by atomic mass is 10.1. The first-order chi connectivity index (χ1) is 13.7. The molecule has 4 heterocycles. The van der Waals surface area contributed by atoms with Crippen molar-refractivity contribution in [2.24, 2.45) is 0 Å². The second kappa shape index (κ2) is 8.55. The van der Waals surface area contributed by atoms with E-state index in [4.69, 9.17) is 9.84 Å². The van der Waals surface area contributed by atoms with Gasteiger partial charge in [-0.3, -0.25) is 9.58 Å². The van der Waals surface area contributed by atoms with Crippen molar-refractivity contribution in [1.29, 1.82) is 0 Å². The topological polar surface area (TPSA) is 88.4 Å². The summed E-state index contributed by atoms with van der Waals surface area (Å²) < 4.78 is 6.92. The summed E-state index contributed by atoms with van der Waals surface area (Å²) in [5.41, 5.74) is 2.15. The van der Waals surface area contributed by atoms with Crippen molar-refractivity contribution in [3.05, 3.63) is 35.9 Å². The zero-order valence-electron chi connectivity index (χ0n) is 16.3. The van der Waals surface area contributed by atoms with Gasteiger partial charge < -0.3 is 15.0 Å². The number of likely N-dealkylation sites (tertiary alicyclic amines) is 1. The number of hydrogen-bond acceptors (Lipinski definition) is 7. The number of piperidine rings is 1. The van der Waals surface area contributed by atoms with Gasteiger partial charge in [-0.1, -0.05) is 0 Å². The van der Waals surface area contributed by atoms with Crippen molar-refractivity contribution in [1.82, 2.24) is 29.5 Å². The summed E-state index contributed by atoms with van der Waals surface area (Å²) in [4.78, 5) is 24.5. The Balaban J connectivity index is 1.31. The molecule has 0 aliphatic carbocycles. The van der Waals surface area contributed by atoms with Crippen LogP contribution in [0.2, 0.25) is 0 Å². The molecule has 28 heavy (non-hydrogen) atoms. The highest BCUT2D eigenvalue weighted by Gasteiger charge is 2.23. The molecule has 0 unspecified atom stereocenters. The van der Waals surface area contributed by atoms with Crippen LogP contribution in [0.3, 0.4) is 0 Å². The van der Waals surface area contributed by atoms with Gasteiger partial charge in [-0.2, -0.15) is 5.10 Å². The van der Waals surface area contributed by atoms with Crippen LogP contribution in [0.5, 0.6) is 0 Å². The van der Waals surface area contributed by atoms with Gasteiger partial charge >= 0.3 is 6.09 Å². The van der Waals surface area contributed by atoms with Gasteiger partial charge in [0.1, 0.15) is 0 Å². The molecular weight excluding hydrogens is 358 g/mol. The van der Waals surface area contributed by atoms with Crippen LogP contribution in [0.15, 0.2) is 24.5 Å². The van der Waals surface area contributed by atoms with Crippen molar-refractivity contribution in [2.75, 3.05) is 32.1 Å². The summed E-state index contributed by atoms with van der Waals surface area (Å²) >= 11 is 0. The number of hydrogen-bond donors (Lipinski definition) is 1. The summed E-state index contributed by atoms with van der Waals surface area (Å²) in [5, 5.41) is 8.19. The molecule has 2 aromatic rings. The maximum atomic E-state index is 11.9. The summed E-state index contributed by atoms with van der Waals surface area (Å²) in [6.45, 7) is 4.97. The molecule has 1 saturated heterocycles. The predicted molar refractivity (Wildman–Crippen MR) is 104 cm³/mol. The molecule has 2 aliphatic heterocycles. The van der Waals surface area contributed by atoms with E-state index in [1.54, 1.807) is 17.3 Å². The molecule has 0 atom stereocenters. The second-order valence-electron chi connectivity index (χ2n) is 7.36. The lowest BCUT2D eigenvalue weighted by Gasteiger charge is -2.31. The highest BCUT2D eigenvalue weighted by atomic mass is 16.5. The number of aryl methyl sites for hydroxylation is 1. The van der Waals surface area contributed by atoms with Gasteiger partial charge in [0.15, 0.2) is 0 Å². The lowest BCUT2D eigenvalue weighted by Crippen LogP contribution is -2.39. The molecule has 0 radical (unpaired) electrons. The molecule has 1 fully saturated rings. The summed E-state index contributed by atoms with van der Waals surface area (Å²) in [7, 11) is 1.43. The fraction of sp³-hybridized carbons (Fsp3) is 0.579. The first kappa shape index (κ1) is 18.7. The summed E-state index contributed by atoms with van der Waals surface area (Å²) in [5.74, 6) is 0.703. The van der Waals surface area contributed by atoms with Gasteiger partial charge in [-0.25, -0.2) is 14.8 Å². The maximum Gasteiger partial charge on any atom is 0.409 e. The van der Waals surface area contributed by atoms with E-state index in [0.29, 0.717) is 25.1 Å². The normalized spacial score (nSPS) is 18.4. The SMILES string of the molecule is COC(=O)N1CCCn2nc(CN3CCC(Nc4ncccn4)CC3)cc2C1. The minimum Gasteiger partial charge on any atom is -0.453 e. The number of ether oxygens (including phenoxy) is 1. The van der Waals surface area contributed by atoms with Gasteiger partial charge in [0.2, 0.25) is 5.95 Å². The van der Waals surface area contributed by atoms with Gasteiger partial charge in [-0.15, -0.1) is 0 Å². The Kier molecular flexibility index (Phi) is 5.70. The zero-order valence-corrected chi connectivity index (χ0v) is 16.3. The number of amides is 1. The van der Waals surface area contributed by atoms with E-state index in [9.17, 15) is 4.79 Å². The van der Waals surface area contributed by atoms with E-state index in [2.05, 4.69) is 26.3 Å². The van der Waals surface area contributed by atoms with Crippen molar-refractivity contribution in [3.63, 3.8) is 0 Å². The average molecular weight is 385 g/mol. The predicted octanol–water partition coefficient (Wildman–Crippen LogP) is 1.72. The lowest BCUT2D eigenvalue weighted by molar-refractivity contribution is 0.121. The minimum absolute atomic E-state index is 0.270. The van der Waals surface area contributed by atoms with Crippen molar-refractivity contribution in [2.45, 2.75) is 44.9 Å². The third kappa shape index (κ3) is 4.41. The number of rotatable bonds is 4. The van der Waals surface area contributed by atoms with Gasteiger partial charge in [0.05, 0.1) is 25.0 Å². The number of carbonyl (C=O) groups excluding carboxylic acids is 1. The summed E-state index contributed by atoms with van der Waals surface area (Å²) in [6, 6.07) is 4.36. The van der Waals surface area contributed by atoms with Crippen LogP contribution < -0.4 is 5.32 Å². The van der Waals surface area contributed by atoms with Crippen molar-refractivity contribution in [3.8, 4) is 0 Å². The van der Waals surface area contributed by atoms with Gasteiger partial charge in [-0.05, 0) is 31.4 Å². The molecular formula is C19H27N7O2. The Morgan fingerprint density at radius 1 is 1.21 bits per heavy atom. The van der Waals surface area contributed by atoms with Gasteiger partial charge in [0.25, 0.3) is 0 Å². The molecule has 0 saturated carbocycles. The molecule has 9 heteroatoms. The molecule has 0 aromatic carbocycles. The maximum absolute atomic E-state index is 11.9. The molecule has 9 nitrogen and oxygen atoms in total. The molecule has 0 bridgehead atoms. The number of anilines is 1. The summed E-state index contributed by atoms with van der Waals surface area (Å²) in [6.07, 6.45) is 6.25. The Morgan fingerprint density at radius 2 is 2.00 bits per heavy atom. The quantitative estimate of drug-likeness (QED) is 0.857. The number of fused-ring (bicyclic) bond motifs is 1. The van der Waals surface area contributed by atoms with Crippen LogP contribution in [0.1, 0.15) is 30.7 Å². The molecule has 2 aromatic heterocycles. The zero-order chi connectivity index (χ0) is 19.3. The Hall–Kier alpha value is -2.68. The van der Waals surface area contributed by atoms with Crippen LogP contribution in [0.4, 0.5) is 10.7 Å². The number of carbonyl (C=O) groups is 1. The van der Waals surface area contributed by atoms with E-state index in [0.717, 1.165) is 56.8 Å². The van der Waals surface area contributed by atoms with Crippen LogP contribution in [0.25, 0.3) is 0 Å². The first-order valence-electron chi connectivity index (χ1n) is 9.85. The Bertz CT molecular complexity index is 787. The van der Waals surface area contributed by atoms with Crippen molar-refractivity contribution >= 4 is 12.0 Å². The number of nitrogens with zero attached hydrogens (tertiary/aromatic N) is 6. The van der Waals surface area contributed by atoms with Gasteiger partial charge in [0, 0.05) is 51.2 Å². The van der Waals surface area contributed by atoms with Crippen LogP contribution in [-0.4, -0.2) is 68.4 Å². The molecule has 1 amide bonds. The van der Waals surface area contributed by atoms with E-state index in [-0.39, 0.29) is 6.09 Å². The molecule has 4 rings (SSSR count). The minimum atomic E-state index is -0.270. The Labute approximate surface area is 164 Å². The molecule has 1 N–H and O–H groups in total. The average Bonchev–Trinajstić information content (AvgIpc) is 2.98. The van der Waals surface area contributed by atoms with Crippen molar-refractivity contribution < 1.29 is 9.53 Å². The molecule has 150 valence electrons. The highest BCUT2D eigenvalue weighted by molar-refractivity contribution is 5.67. The monoisotopic (exact) mass is 385 g/mol. The van der Waals surface area contributed by atoms with E-state index in [1.165, 1.54) is 7.11 Å². The Morgan fingerprint density at radius 3 is 2.75 bits per heavy atom. The fourth-order valence-corrected chi connectivity index (χ4v) is 3.90. The van der Waals surface area contributed by atoms with E-state index < -0.39 is 0 Å². The fourth-order valence-electron chi connectivity index (χ4n) is 3.90. The smallest absolute Gasteiger partial charge is 0.409 e. The largest absolute Gasteiger partial charge is 0.453 e. The highest BCUT2D eigenvalue weighted by Crippen LogP contribution is 2.19. The van der Waals surface area contributed by atoms with Crippen LogP contribution >= 0.6 is 0 Å². The number of aromatic nitrogens is 4. The number of nitrogens with one attached hydrogen (secondary N) is 1. The first-order valence-corrected chi connectivity index (χ1v) is 9.85. The van der Waals surface area contributed by atoms with E-state index in [1.807, 2.05) is 10.7 Å². The third-order valence-electron chi connectivity index (χ3n) is 5.37. The third-order valence-corrected chi connectivity index (χ3v) is 5.37.